The highest BCUT2D eigenvalue weighted by molar-refractivity contribution is 7.90. The fourth-order valence-electron chi connectivity index (χ4n) is 1.26. The molecule has 0 atom stereocenters. The van der Waals surface area contributed by atoms with Crippen LogP contribution in [0.4, 0.5) is 0 Å². The Hall–Kier alpha value is -1.82. The van der Waals surface area contributed by atoms with Gasteiger partial charge in [0.05, 0.1) is 12.0 Å². The average Bonchev–Trinajstić information content (AvgIpc) is 2.36. The Morgan fingerprint density at radius 3 is 2.83 bits per heavy atom. The monoisotopic (exact) mass is 269 g/mol. The van der Waals surface area contributed by atoms with Gasteiger partial charge in [-0.25, -0.2) is 13.1 Å². The second kappa shape index (κ2) is 6.20. The van der Waals surface area contributed by atoms with Crippen molar-refractivity contribution in [3.8, 4) is 5.75 Å². The van der Waals surface area contributed by atoms with Crippen LogP contribution >= 0.6 is 0 Å². The van der Waals surface area contributed by atoms with E-state index in [2.05, 4.69) is 6.58 Å². The largest absolute Gasteiger partial charge is 0.497 e. The van der Waals surface area contributed by atoms with E-state index in [-0.39, 0.29) is 11.3 Å². The highest BCUT2D eigenvalue weighted by Crippen LogP contribution is 2.16. The summed E-state index contributed by atoms with van der Waals surface area (Å²) in [5.41, 5.74) is 0. The number of methoxy groups -OCH3 is 1. The molecule has 0 radical (unpaired) electrons. The lowest BCUT2D eigenvalue weighted by Gasteiger charge is -2.07. The van der Waals surface area contributed by atoms with Gasteiger partial charge in [-0.15, -0.1) is 6.58 Å². The maximum atomic E-state index is 11.9. The summed E-state index contributed by atoms with van der Waals surface area (Å²) in [5, 5.41) is 0. The first-order chi connectivity index (χ1) is 8.49. The van der Waals surface area contributed by atoms with Crippen LogP contribution in [0.5, 0.6) is 5.75 Å². The molecule has 0 fully saturated rings. The van der Waals surface area contributed by atoms with E-state index in [1.54, 1.807) is 18.2 Å². The smallest absolute Gasteiger partial charge is 0.264 e. The van der Waals surface area contributed by atoms with Crippen LogP contribution in [0.3, 0.4) is 0 Å². The summed E-state index contributed by atoms with van der Waals surface area (Å²) in [4.78, 5) is 11.4. The van der Waals surface area contributed by atoms with Crippen LogP contribution in [0.15, 0.2) is 41.8 Å². The molecular formula is C12H15NO4S. The maximum Gasteiger partial charge on any atom is 0.264 e. The van der Waals surface area contributed by atoms with Gasteiger partial charge < -0.3 is 4.74 Å². The van der Waals surface area contributed by atoms with E-state index < -0.39 is 15.9 Å². The second-order valence-electron chi connectivity index (χ2n) is 3.54. The molecule has 6 heteroatoms. The van der Waals surface area contributed by atoms with Crippen molar-refractivity contribution in [2.24, 2.45) is 0 Å². The van der Waals surface area contributed by atoms with Crippen molar-refractivity contribution < 1.29 is 17.9 Å². The molecule has 1 aromatic carbocycles. The number of rotatable bonds is 6. The Kier molecular flexibility index (Phi) is 4.91. The molecule has 1 amide bonds. The molecule has 18 heavy (non-hydrogen) atoms. The van der Waals surface area contributed by atoms with Gasteiger partial charge in [0, 0.05) is 12.5 Å². The Morgan fingerprint density at radius 1 is 1.50 bits per heavy atom. The summed E-state index contributed by atoms with van der Waals surface area (Å²) in [6.07, 6.45) is 2.07. The summed E-state index contributed by atoms with van der Waals surface area (Å²) < 4.78 is 30.6. The lowest BCUT2D eigenvalue weighted by Crippen LogP contribution is -2.30. The minimum Gasteiger partial charge on any atom is -0.497 e. The minimum absolute atomic E-state index is 0.00574. The third kappa shape index (κ3) is 3.89. The lowest BCUT2D eigenvalue weighted by molar-refractivity contribution is -0.119. The number of amides is 1. The Labute approximate surface area is 107 Å². The number of hydrogen-bond donors (Lipinski definition) is 1. The zero-order valence-electron chi connectivity index (χ0n) is 10.0. The van der Waals surface area contributed by atoms with Crippen molar-refractivity contribution in [1.29, 1.82) is 0 Å². The van der Waals surface area contributed by atoms with Crippen molar-refractivity contribution in [2.75, 3.05) is 7.11 Å². The summed E-state index contributed by atoms with van der Waals surface area (Å²) in [5.74, 6) is -0.144. The first-order valence-corrected chi connectivity index (χ1v) is 6.78. The van der Waals surface area contributed by atoms with Gasteiger partial charge in [-0.1, -0.05) is 12.1 Å². The number of carbonyl (C=O) groups excluding carboxylic acids is 1. The average molecular weight is 269 g/mol. The van der Waals surface area contributed by atoms with Gasteiger partial charge in [0.25, 0.3) is 10.0 Å². The predicted octanol–water partition coefficient (Wildman–Crippen LogP) is 1.47. The normalized spacial score (nSPS) is 10.7. The van der Waals surface area contributed by atoms with E-state index >= 15 is 0 Å². The Morgan fingerprint density at radius 2 is 2.22 bits per heavy atom. The number of allylic oxidation sites excluding steroid dienone is 1. The third-order valence-corrected chi connectivity index (χ3v) is 3.55. The third-order valence-electron chi connectivity index (χ3n) is 2.18. The van der Waals surface area contributed by atoms with Crippen molar-refractivity contribution in [3.63, 3.8) is 0 Å². The number of hydrogen-bond acceptors (Lipinski definition) is 4. The van der Waals surface area contributed by atoms with E-state index in [1.165, 1.54) is 19.2 Å². The van der Waals surface area contributed by atoms with Gasteiger partial charge >= 0.3 is 0 Å². The number of carbonyl (C=O) groups is 1. The van der Waals surface area contributed by atoms with Crippen molar-refractivity contribution in [3.05, 3.63) is 36.9 Å². The topological polar surface area (TPSA) is 72.5 Å². The SMILES string of the molecule is C=CCCC(=O)NS(=O)(=O)c1cccc(OC)c1. The first-order valence-electron chi connectivity index (χ1n) is 5.30. The van der Waals surface area contributed by atoms with Crippen molar-refractivity contribution in [2.45, 2.75) is 17.7 Å². The molecule has 0 heterocycles. The number of ether oxygens (including phenoxy) is 1. The molecule has 0 aliphatic heterocycles. The van der Waals surface area contributed by atoms with Gasteiger partial charge in [-0.3, -0.25) is 4.79 Å². The number of nitrogens with one attached hydrogen (secondary N) is 1. The van der Waals surface area contributed by atoms with Crippen LogP contribution in [0, 0.1) is 0 Å². The molecule has 0 unspecified atom stereocenters. The molecule has 0 saturated heterocycles. The van der Waals surface area contributed by atoms with Crippen LogP contribution in [0.1, 0.15) is 12.8 Å². The molecule has 1 rings (SSSR count). The quantitative estimate of drug-likeness (QED) is 0.794. The van der Waals surface area contributed by atoms with E-state index in [0.29, 0.717) is 12.2 Å². The van der Waals surface area contributed by atoms with Crippen LogP contribution < -0.4 is 9.46 Å². The van der Waals surface area contributed by atoms with E-state index in [4.69, 9.17) is 4.74 Å². The summed E-state index contributed by atoms with van der Waals surface area (Å²) >= 11 is 0. The van der Waals surface area contributed by atoms with Gasteiger partial charge in [0.2, 0.25) is 5.91 Å². The lowest BCUT2D eigenvalue weighted by atomic mass is 10.3. The molecule has 0 spiro atoms. The van der Waals surface area contributed by atoms with Gasteiger partial charge in [0.15, 0.2) is 0 Å². The highest BCUT2D eigenvalue weighted by Gasteiger charge is 2.17. The standard InChI is InChI=1S/C12H15NO4S/c1-3-4-8-12(14)13-18(15,16)11-7-5-6-10(9-11)17-2/h3,5-7,9H,1,4,8H2,2H3,(H,13,14). The molecule has 0 aliphatic carbocycles. The summed E-state index contributed by atoms with van der Waals surface area (Å²) in [7, 11) is -2.40. The molecule has 0 bridgehead atoms. The summed E-state index contributed by atoms with van der Waals surface area (Å²) in [6.45, 7) is 3.46. The predicted molar refractivity (Wildman–Crippen MR) is 67.8 cm³/mol. The van der Waals surface area contributed by atoms with Crippen LogP contribution in [0.2, 0.25) is 0 Å². The summed E-state index contributed by atoms with van der Waals surface area (Å²) in [6, 6.07) is 5.91. The Balaban J connectivity index is 2.85. The van der Waals surface area contributed by atoms with Crippen LogP contribution in [0.25, 0.3) is 0 Å². The fourth-order valence-corrected chi connectivity index (χ4v) is 2.31. The van der Waals surface area contributed by atoms with Crippen molar-refractivity contribution in [1.82, 2.24) is 4.72 Å². The zero-order chi connectivity index (χ0) is 13.6. The molecule has 0 saturated carbocycles. The van der Waals surface area contributed by atoms with Gasteiger partial charge in [0.1, 0.15) is 5.75 Å². The highest BCUT2D eigenvalue weighted by atomic mass is 32.2. The van der Waals surface area contributed by atoms with Gasteiger partial charge in [-0.2, -0.15) is 0 Å². The molecule has 5 nitrogen and oxygen atoms in total. The van der Waals surface area contributed by atoms with Gasteiger partial charge in [-0.05, 0) is 18.6 Å². The minimum atomic E-state index is -3.84. The van der Waals surface area contributed by atoms with E-state index in [0.717, 1.165) is 0 Å². The number of sulfonamides is 1. The van der Waals surface area contributed by atoms with Crippen molar-refractivity contribution >= 4 is 15.9 Å². The molecule has 0 aromatic heterocycles. The fraction of sp³-hybridized carbons (Fsp3) is 0.250. The molecule has 98 valence electrons. The maximum absolute atomic E-state index is 11.9. The molecule has 0 aliphatic rings. The molecule has 1 N–H and O–H groups in total. The van der Waals surface area contributed by atoms with E-state index in [1.807, 2.05) is 4.72 Å². The van der Waals surface area contributed by atoms with Crippen LogP contribution in [-0.4, -0.2) is 21.4 Å². The Bertz CT molecular complexity index is 537. The second-order valence-corrected chi connectivity index (χ2v) is 5.22. The van der Waals surface area contributed by atoms with E-state index in [9.17, 15) is 13.2 Å². The molecule has 1 aromatic rings. The number of benzene rings is 1. The van der Waals surface area contributed by atoms with Crippen LogP contribution in [-0.2, 0) is 14.8 Å². The molecular weight excluding hydrogens is 254 g/mol. The zero-order valence-corrected chi connectivity index (χ0v) is 10.9. The first kappa shape index (κ1) is 14.2.